The van der Waals surface area contributed by atoms with Crippen molar-refractivity contribution in [2.45, 2.75) is 19.8 Å². The lowest BCUT2D eigenvalue weighted by molar-refractivity contribution is -0.137. The average molecular weight is 234 g/mol. The highest BCUT2D eigenvalue weighted by Crippen LogP contribution is 2.18. The molecule has 0 saturated carbocycles. The fourth-order valence-electron chi connectivity index (χ4n) is 1.33. The Labute approximate surface area is 102 Å². The van der Waals surface area contributed by atoms with Crippen molar-refractivity contribution in [2.24, 2.45) is 0 Å². The van der Waals surface area contributed by atoms with Crippen LogP contribution in [0.5, 0.6) is 5.75 Å². The van der Waals surface area contributed by atoms with Crippen molar-refractivity contribution in [1.29, 1.82) is 0 Å². The summed E-state index contributed by atoms with van der Waals surface area (Å²) < 4.78 is 10.2. The topological polar surface area (TPSA) is 35.5 Å². The Balaban J connectivity index is 2.54. The van der Waals surface area contributed by atoms with E-state index in [-0.39, 0.29) is 5.97 Å². The summed E-state index contributed by atoms with van der Waals surface area (Å²) in [4.78, 5) is 11.3. The number of methoxy groups -OCH3 is 1. The van der Waals surface area contributed by atoms with E-state index in [0.29, 0.717) is 6.61 Å². The maximum atomic E-state index is 11.3. The number of rotatable bonds is 6. The van der Waals surface area contributed by atoms with Gasteiger partial charge in [0, 0.05) is 11.6 Å². The van der Waals surface area contributed by atoms with Crippen molar-refractivity contribution >= 4 is 12.0 Å². The number of benzene rings is 1. The van der Waals surface area contributed by atoms with Gasteiger partial charge in [-0.1, -0.05) is 31.5 Å². The molecule has 0 amide bonds. The minimum Gasteiger partial charge on any atom is -0.496 e. The van der Waals surface area contributed by atoms with Crippen molar-refractivity contribution in [1.82, 2.24) is 0 Å². The van der Waals surface area contributed by atoms with Crippen LogP contribution >= 0.6 is 0 Å². The molecule has 0 fully saturated rings. The lowest BCUT2D eigenvalue weighted by atomic mass is 10.2. The zero-order valence-electron chi connectivity index (χ0n) is 10.3. The van der Waals surface area contributed by atoms with Gasteiger partial charge >= 0.3 is 5.97 Å². The summed E-state index contributed by atoms with van der Waals surface area (Å²) in [6.07, 6.45) is 5.04. The summed E-state index contributed by atoms with van der Waals surface area (Å²) >= 11 is 0. The number of unbranched alkanes of at least 4 members (excludes halogenated alkanes) is 1. The number of ether oxygens (including phenoxy) is 2. The fourth-order valence-corrected chi connectivity index (χ4v) is 1.33. The van der Waals surface area contributed by atoms with E-state index in [2.05, 4.69) is 6.92 Å². The van der Waals surface area contributed by atoms with Crippen LogP contribution in [0.15, 0.2) is 30.3 Å². The molecule has 0 aliphatic carbocycles. The first-order valence-electron chi connectivity index (χ1n) is 5.75. The number of hydrogen-bond donors (Lipinski definition) is 0. The second-order valence-corrected chi connectivity index (χ2v) is 3.60. The van der Waals surface area contributed by atoms with Crippen molar-refractivity contribution < 1.29 is 14.3 Å². The van der Waals surface area contributed by atoms with Crippen LogP contribution in [0.25, 0.3) is 6.08 Å². The Morgan fingerprint density at radius 1 is 1.35 bits per heavy atom. The van der Waals surface area contributed by atoms with Gasteiger partial charge in [0.05, 0.1) is 13.7 Å². The van der Waals surface area contributed by atoms with E-state index in [0.717, 1.165) is 24.2 Å². The molecule has 0 heterocycles. The Kier molecular flexibility index (Phi) is 5.86. The molecule has 0 bridgehead atoms. The number of carbonyl (C=O) groups is 1. The molecule has 0 aliphatic heterocycles. The van der Waals surface area contributed by atoms with Crippen LogP contribution in [0.2, 0.25) is 0 Å². The predicted octanol–water partition coefficient (Wildman–Crippen LogP) is 3.05. The molecule has 0 atom stereocenters. The van der Waals surface area contributed by atoms with Gasteiger partial charge in [0.15, 0.2) is 0 Å². The number of carbonyl (C=O) groups excluding carboxylic acids is 1. The number of hydrogen-bond acceptors (Lipinski definition) is 3. The summed E-state index contributed by atoms with van der Waals surface area (Å²) in [6.45, 7) is 2.53. The van der Waals surface area contributed by atoms with Crippen molar-refractivity contribution in [2.75, 3.05) is 13.7 Å². The molecule has 1 rings (SSSR count). The van der Waals surface area contributed by atoms with E-state index in [1.165, 1.54) is 6.08 Å². The maximum Gasteiger partial charge on any atom is 0.330 e. The summed E-state index contributed by atoms with van der Waals surface area (Å²) in [6, 6.07) is 7.51. The average Bonchev–Trinajstić information content (AvgIpc) is 2.37. The van der Waals surface area contributed by atoms with Crippen LogP contribution in [-0.4, -0.2) is 19.7 Å². The monoisotopic (exact) mass is 234 g/mol. The second-order valence-electron chi connectivity index (χ2n) is 3.60. The third-order valence-corrected chi connectivity index (χ3v) is 2.28. The lowest BCUT2D eigenvalue weighted by Crippen LogP contribution is -2.01. The predicted molar refractivity (Wildman–Crippen MR) is 67.9 cm³/mol. The molecule has 3 heteroatoms. The summed E-state index contributed by atoms with van der Waals surface area (Å²) in [5, 5.41) is 0. The second kappa shape index (κ2) is 7.49. The number of esters is 1. The SMILES string of the molecule is CCCCOC(=O)/C=C/c1ccccc1OC. The normalized spacial score (nSPS) is 10.5. The first-order chi connectivity index (χ1) is 8.27. The third kappa shape index (κ3) is 4.72. The van der Waals surface area contributed by atoms with Crippen molar-refractivity contribution in [3.05, 3.63) is 35.9 Å². The van der Waals surface area contributed by atoms with Crippen LogP contribution < -0.4 is 4.74 Å². The van der Waals surface area contributed by atoms with Crippen molar-refractivity contribution in [3.63, 3.8) is 0 Å². The Morgan fingerprint density at radius 3 is 2.82 bits per heavy atom. The van der Waals surface area contributed by atoms with Gasteiger partial charge in [-0.3, -0.25) is 0 Å². The van der Waals surface area contributed by atoms with E-state index in [1.807, 2.05) is 24.3 Å². The molecule has 0 radical (unpaired) electrons. The molecule has 1 aromatic rings. The highest BCUT2D eigenvalue weighted by Gasteiger charge is 1.99. The summed E-state index contributed by atoms with van der Waals surface area (Å²) in [5.74, 6) is 0.425. The highest BCUT2D eigenvalue weighted by atomic mass is 16.5. The quantitative estimate of drug-likeness (QED) is 0.431. The Morgan fingerprint density at radius 2 is 2.12 bits per heavy atom. The maximum absolute atomic E-state index is 11.3. The van der Waals surface area contributed by atoms with Crippen LogP contribution in [0, 0.1) is 0 Å². The zero-order valence-corrected chi connectivity index (χ0v) is 10.3. The van der Waals surface area contributed by atoms with Gasteiger partial charge in [-0.25, -0.2) is 4.79 Å². The summed E-state index contributed by atoms with van der Waals surface area (Å²) in [5.41, 5.74) is 0.863. The van der Waals surface area contributed by atoms with Gasteiger partial charge in [0.25, 0.3) is 0 Å². The first-order valence-corrected chi connectivity index (χ1v) is 5.75. The lowest BCUT2D eigenvalue weighted by Gasteiger charge is -2.03. The molecule has 1 aromatic carbocycles. The molecular formula is C14H18O3. The van der Waals surface area contributed by atoms with Gasteiger partial charge in [0.2, 0.25) is 0 Å². The van der Waals surface area contributed by atoms with Gasteiger partial charge in [-0.05, 0) is 18.6 Å². The van der Waals surface area contributed by atoms with Crippen LogP contribution in [-0.2, 0) is 9.53 Å². The van der Waals surface area contributed by atoms with Crippen LogP contribution in [0.1, 0.15) is 25.3 Å². The molecule has 0 saturated heterocycles. The molecule has 0 aliphatic rings. The van der Waals surface area contributed by atoms with Gasteiger partial charge in [-0.2, -0.15) is 0 Å². The molecule has 0 unspecified atom stereocenters. The Hall–Kier alpha value is -1.77. The smallest absolute Gasteiger partial charge is 0.330 e. The van der Waals surface area contributed by atoms with Gasteiger partial charge in [-0.15, -0.1) is 0 Å². The molecule has 17 heavy (non-hydrogen) atoms. The minimum absolute atomic E-state index is 0.315. The van der Waals surface area contributed by atoms with Crippen LogP contribution in [0.3, 0.4) is 0 Å². The third-order valence-electron chi connectivity index (χ3n) is 2.28. The van der Waals surface area contributed by atoms with E-state index < -0.39 is 0 Å². The molecule has 92 valence electrons. The zero-order chi connectivity index (χ0) is 12.5. The van der Waals surface area contributed by atoms with Crippen molar-refractivity contribution in [3.8, 4) is 5.75 Å². The highest BCUT2D eigenvalue weighted by molar-refractivity contribution is 5.87. The van der Waals surface area contributed by atoms with Gasteiger partial charge < -0.3 is 9.47 Å². The molecule has 0 N–H and O–H groups in total. The van der Waals surface area contributed by atoms with E-state index in [4.69, 9.17) is 9.47 Å². The summed E-state index contributed by atoms with van der Waals surface area (Å²) in [7, 11) is 1.60. The van der Waals surface area contributed by atoms with Crippen LogP contribution in [0.4, 0.5) is 0 Å². The molecule has 3 nitrogen and oxygen atoms in total. The molecule has 0 aromatic heterocycles. The molecular weight excluding hydrogens is 216 g/mol. The van der Waals surface area contributed by atoms with Gasteiger partial charge in [0.1, 0.15) is 5.75 Å². The van der Waals surface area contributed by atoms with E-state index >= 15 is 0 Å². The molecule has 0 spiro atoms. The van der Waals surface area contributed by atoms with E-state index in [9.17, 15) is 4.79 Å². The Bertz CT molecular complexity index is 383. The number of para-hydroxylation sites is 1. The van der Waals surface area contributed by atoms with E-state index in [1.54, 1.807) is 13.2 Å². The standard InChI is InChI=1S/C14H18O3/c1-3-4-11-17-14(15)10-9-12-7-5-6-8-13(12)16-2/h5-10H,3-4,11H2,1-2H3/b10-9+. The first kappa shape index (κ1) is 13.3. The fraction of sp³-hybridized carbons (Fsp3) is 0.357. The largest absolute Gasteiger partial charge is 0.496 e. The minimum atomic E-state index is -0.315.